The molecule has 0 bridgehead atoms. The van der Waals surface area contributed by atoms with E-state index in [1.807, 2.05) is 17.0 Å². The number of aldehydes is 1. The van der Waals surface area contributed by atoms with Gasteiger partial charge in [0.05, 0.1) is 26.3 Å². The van der Waals surface area contributed by atoms with Gasteiger partial charge >= 0.3 is 0 Å². The average molecular weight is 476 g/mol. The van der Waals surface area contributed by atoms with E-state index in [0.717, 1.165) is 11.8 Å². The van der Waals surface area contributed by atoms with Crippen LogP contribution in [0.1, 0.15) is 45.7 Å². The lowest BCUT2D eigenvalue weighted by Gasteiger charge is -2.32. The van der Waals surface area contributed by atoms with Gasteiger partial charge in [-0.2, -0.15) is 0 Å². The first-order valence-electron chi connectivity index (χ1n) is 11.3. The summed E-state index contributed by atoms with van der Waals surface area (Å²) in [6.07, 6.45) is 0.808. The number of amidine groups is 2. The molecule has 0 unspecified atom stereocenters. The van der Waals surface area contributed by atoms with Gasteiger partial charge in [0, 0.05) is 29.5 Å². The van der Waals surface area contributed by atoms with Crippen molar-refractivity contribution in [2.45, 2.75) is 41.2 Å². The highest BCUT2D eigenvalue weighted by Gasteiger charge is 2.25. The number of hydrogen-bond donors (Lipinski definition) is 4. The summed E-state index contributed by atoms with van der Waals surface area (Å²) in [6.45, 7) is 12.6. The summed E-state index contributed by atoms with van der Waals surface area (Å²) in [5, 5.41) is 10.5. The van der Waals surface area contributed by atoms with Crippen LogP contribution in [0.25, 0.3) is 0 Å². The first kappa shape index (κ1) is 29.2. The number of nitrogens with one attached hydrogen (secondary N) is 1. The highest BCUT2D eigenvalue weighted by Crippen LogP contribution is 2.20. The minimum absolute atomic E-state index is 0.0907. The molecule has 0 spiro atoms. The van der Waals surface area contributed by atoms with Gasteiger partial charge in [0.2, 0.25) is 5.91 Å². The number of nitrogens with zero attached hydrogens (tertiary/aromatic N) is 3. The van der Waals surface area contributed by atoms with E-state index in [1.54, 1.807) is 19.1 Å². The first-order valence-corrected chi connectivity index (χ1v) is 11.3. The van der Waals surface area contributed by atoms with E-state index in [0.29, 0.717) is 44.2 Å². The molecule has 0 saturated heterocycles. The monoisotopic (exact) mass is 475 g/mol. The third-order valence-corrected chi connectivity index (χ3v) is 4.94. The molecular formula is C24H41N7O3. The van der Waals surface area contributed by atoms with E-state index in [-0.39, 0.29) is 35.7 Å². The van der Waals surface area contributed by atoms with E-state index in [1.165, 1.54) is 0 Å². The van der Waals surface area contributed by atoms with Crippen LogP contribution in [0.3, 0.4) is 0 Å². The number of hydrogen-bond acceptors (Lipinski definition) is 7. The second kappa shape index (κ2) is 13.8. The maximum Gasteiger partial charge on any atom is 0.234 e. The van der Waals surface area contributed by atoms with E-state index in [2.05, 4.69) is 43.2 Å². The zero-order chi connectivity index (χ0) is 25.8. The third kappa shape index (κ3) is 11.9. The van der Waals surface area contributed by atoms with Crippen LogP contribution < -0.4 is 22.5 Å². The molecule has 0 saturated carbocycles. The van der Waals surface area contributed by atoms with Crippen molar-refractivity contribution in [3.8, 4) is 0 Å². The van der Waals surface area contributed by atoms with Crippen LogP contribution in [0.5, 0.6) is 0 Å². The molecular weight excluding hydrogens is 434 g/mol. The van der Waals surface area contributed by atoms with E-state index >= 15 is 0 Å². The molecule has 0 aliphatic carbocycles. The van der Waals surface area contributed by atoms with Crippen LogP contribution in [0.15, 0.2) is 34.5 Å². The lowest BCUT2D eigenvalue weighted by molar-refractivity contribution is -0.123. The van der Waals surface area contributed by atoms with Gasteiger partial charge in [-0.25, -0.2) is 0 Å². The predicted molar refractivity (Wildman–Crippen MR) is 136 cm³/mol. The SMILES string of the molecule is C/C(N)=N/N=C(\N)c1ccc(CNC(=O)CN(CC=O)CC(C)(C)COCC(C)(C)CN)cc1. The van der Waals surface area contributed by atoms with Crippen molar-refractivity contribution in [1.82, 2.24) is 10.2 Å². The zero-order valence-corrected chi connectivity index (χ0v) is 21.1. The van der Waals surface area contributed by atoms with Crippen molar-refractivity contribution < 1.29 is 14.3 Å². The molecule has 0 radical (unpaired) electrons. The van der Waals surface area contributed by atoms with Gasteiger partial charge in [-0.15, -0.1) is 10.2 Å². The minimum atomic E-state index is -0.238. The van der Waals surface area contributed by atoms with Crippen LogP contribution in [0.4, 0.5) is 0 Å². The van der Waals surface area contributed by atoms with E-state index in [4.69, 9.17) is 21.9 Å². The third-order valence-electron chi connectivity index (χ3n) is 4.94. The van der Waals surface area contributed by atoms with Crippen molar-refractivity contribution in [2.75, 3.05) is 39.4 Å². The van der Waals surface area contributed by atoms with Gasteiger partial charge in [0.25, 0.3) is 0 Å². The fourth-order valence-electron chi connectivity index (χ4n) is 3.05. The highest BCUT2D eigenvalue weighted by molar-refractivity contribution is 5.97. The molecule has 10 heteroatoms. The molecule has 1 aromatic rings. The number of carbonyl (C=O) groups is 2. The lowest BCUT2D eigenvalue weighted by atomic mass is 9.92. The maximum atomic E-state index is 12.5. The number of benzene rings is 1. The molecule has 34 heavy (non-hydrogen) atoms. The van der Waals surface area contributed by atoms with Crippen LogP contribution in [0, 0.1) is 10.8 Å². The van der Waals surface area contributed by atoms with Crippen molar-refractivity contribution in [3.05, 3.63) is 35.4 Å². The van der Waals surface area contributed by atoms with Crippen molar-refractivity contribution in [1.29, 1.82) is 0 Å². The summed E-state index contributed by atoms with van der Waals surface area (Å²) in [4.78, 5) is 25.5. The Morgan fingerprint density at radius 1 is 1.09 bits per heavy atom. The Kier molecular flexibility index (Phi) is 11.8. The summed E-state index contributed by atoms with van der Waals surface area (Å²) < 4.78 is 5.87. The normalized spacial score (nSPS) is 13.3. The summed E-state index contributed by atoms with van der Waals surface area (Å²) in [5.41, 5.74) is 18.4. The molecule has 0 aromatic heterocycles. The zero-order valence-electron chi connectivity index (χ0n) is 21.1. The maximum absolute atomic E-state index is 12.5. The molecule has 0 fully saturated rings. The average Bonchev–Trinajstić information content (AvgIpc) is 2.76. The highest BCUT2D eigenvalue weighted by atomic mass is 16.5. The van der Waals surface area contributed by atoms with Crippen molar-refractivity contribution >= 4 is 23.9 Å². The number of amides is 1. The van der Waals surface area contributed by atoms with Gasteiger partial charge in [-0.1, -0.05) is 52.0 Å². The fraction of sp³-hybridized carbons (Fsp3) is 0.583. The number of nitrogens with two attached hydrogens (primary N) is 3. The smallest absolute Gasteiger partial charge is 0.234 e. The Hall–Kier alpha value is -2.82. The van der Waals surface area contributed by atoms with Gasteiger partial charge in [-0.05, 0) is 19.0 Å². The van der Waals surface area contributed by atoms with Crippen LogP contribution >= 0.6 is 0 Å². The van der Waals surface area contributed by atoms with Gasteiger partial charge < -0.3 is 32.0 Å². The molecule has 0 aliphatic rings. The van der Waals surface area contributed by atoms with Crippen LogP contribution in [-0.4, -0.2) is 68.2 Å². The Bertz CT molecular complexity index is 845. The number of ether oxygens (including phenoxy) is 1. The number of rotatable bonds is 15. The van der Waals surface area contributed by atoms with Gasteiger partial charge in [0.1, 0.15) is 12.1 Å². The standard InChI is InChI=1S/C24H41N7O3/c1-18(26)29-30-22(27)20-8-6-19(7-9-20)12-28-21(33)13-31(10-11-32)15-24(4,5)17-34-16-23(2,3)14-25/h6-9,11H,10,12-17,25H2,1-5H3,(H2,26,29)(H2,27,30)(H,28,33). The summed E-state index contributed by atoms with van der Waals surface area (Å²) >= 11 is 0. The van der Waals surface area contributed by atoms with Crippen LogP contribution in [-0.2, 0) is 20.9 Å². The summed E-state index contributed by atoms with van der Waals surface area (Å²) in [6, 6.07) is 7.30. The predicted octanol–water partition coefficient (Wildman–Crippen LogP) is 0.829. The topological polar surface area (TPSA) is 161 Å². The quantitative estimate of drug-likeness (QED) is 0.126. The molecule has 7 N–H and O–H groups in total. The lowest BCUT2D eigenvalue weighted by Crippen LogP contribution is -2.44. The Morgan fingerprint density at radius 3 is 2.26 bits per heavy atom. The molecule has 1 rings (SSSR count). The molecule has 0 heterocycles. The molecule has 10 nitrogen and oxygen atoms in total. The summed E-state index contributed by atoms with van der Waals surface area (Å²) in [5.74, 6) is 0.404. The second-order valence-electron chi connectivity index (χ2n) is 10.1. The summed E-state index contributed by atoms with van der Waals surface area (Å²) in [7, 11) is 0. The van der Waals surface area contributed by atoms with Crippen molar-refractivity contribution in [2.24, 2.45) is 38.2 Å². The van der Waals surface area contributed by atoms with Gasteiger partial charge in [-0.3, -0.25) is 9.69 Å². The molecule has 190 valence electrons. The molecule has 0 atom stereocenters. The minimum Gasteiger partial charge on any atom is -0.386 e. The van der Waals surface area contributed by atoms with Crippen LogP contribution in [0.2, 0.25) is 0 Å². The first-order chi connectivity index (χ1) is 15.9. The van der Waals surface area contributed by atoms with E-state index < -0.39 is 0 Å². The Morgan fingerprint density at radius 2 is 1.71 bits per heavy atom. The van der Waals surface area contributed by atoms with E-state index in [9.17, 15) is 9.59 Å². The van der Waals surface area contributed by atoms with Gasteiger partial charge in [0.15, 0.2) is 5.84 Å². The molecule has 1 aromatic carbocycles. The second-order valence-corrected chi connectivity index (χ2v) is 10.1. The Balaban J connectivity index is 2.59. The molecule has 0 aliphatic heterocycles. The Labute approximate surface area is 203 Å². The number of carbonyl (C=O) groups excluding carboxylic acids is 2. The largest absolute Gasteiger partial charge is 0.386 e. The molecule has 1 amide bonds. The van der Waals surface area contributed by atoms with Crippen molar-refractivity contribution in [3.63, 3.8) is 0 Å². The fourth-order valence-corrected chi connectivity index (χ4v) is 3.05.